The van der Waals surface area contributed by atoms with E-state index in [1.165, 1.54) is 6.07 Å². The molecule has 2 aliphatic rings. The molecule has 1 saturated carbocycles. The maximum Gasteiger partial charge on any atom is 0.347 e. The second kappa shape index (κ2) is 7.81. The number of allylic oxidation sites excluding steroid dienone is 1. The van der Waals surface area contributed by atoms with E-state index in [2.05, 4.69) is 17.5 Å². The van der Waals surface area contributed by atoms with E-state index in [1.807, 2.05) is 0 Å². The molecule has 7 nitrogen and oxygen atoms in total. The molecule has 1 N–H and O–H groups in total. The molecule has 1 fully saturated rings. The Morgan fingerprint density at radius 2 is 1.97 bits per heavy atom. The lowest BCUT2D eigenvalue weighted by Gasteiger charge is -2.37. The van der Waals surface area contributed by atoms with E-state index < -0.39 is 28.6 Å². The fourth-order valence-corrected chi connectivity index (χ4v) is 5.33. The Morgan fingerprint density at radius 3 is 2.67 bits per heavy atom. The van der Waals surface area contributed by atoms with Gasteiger partial charge in [-0.3, -0.25) is 9.59 Å². The number of nitriles is 2. The van der Waals surface area contributed by atoms with Crippen molar-refractivity contribution in [1.29, 1.82) is 10.5 Å². The molecule has 1 atom stereocenters. The Kier molecular flexibility index (Phi) is 5.19. The molecule has 150 valence electrons. The first kappa shape index (κ1) is 19.9. The highest BCUT2D eigenvalue weighted by atomic mass is 32.2. The summed E-state index contributed by atoms with van der Waals surface area (Å²) in [6, 6.07) is 12.6. The molecule has 2 heterocycles. The van der Waals surface area contributed by atoms with Gasteiger partial charge in [0.2, 0.25) is 5.91 Å². The molecule has 0 unspecified atom stereocenters. The molecular formula is C22H17N3O4S. The molecule has 0 saturated heterocycles. The number of nitrogens with one attached hydrogen (secondary N) is 1. The van der Waals surface area contributed by atoms with Gasteiger partial charge in [-0.2, -0.15) is 10.5 Å². The van der Waals surface area contributed by atoms with Crippen molar-refractivity contribution in [3.8, 4) is 12.1 Å². The van der Waals surface area contributed by atoms with Gasteiger partial charge in [0, 0.05) is 10.8 Å². The minimum Gasteiger partial charge on any atom is -0.422 e. The lowest BCUT2D eigenvalue weighted by Crippen LogP contribution is -2.46. The van der Waals surface area contributed by atoms with Gasteiger partial charge in [0.25, 0.3) is 0 Å². The van der Waals surface area contributed by atoms with Crippen molar-refractivity contribution < 1.29 is 14.0 Å². The number of ketones is 1. The van der Waals surface area contributed by atoms with Crippen LogP contribution < -0.4 is 10.9 Å². The molecule has 1 amide bonds. The van der Waals surface area contributed by atoms with E-state index in [0.717, 1.165) is 24.6 Å². The molecule has 8 heteroatoms. The monoisotopic (exact) mass is 419 g/mol. The first-order chi connectivity index (χ1) is 14.5. The third kappa shape index (κ3) is 3.20. The summed E-state index contributed by atoms with van der Waals surface area (Å²) >= 11 is 1.01. The summed E-state index contributed by atoms with van der Waals surface area (Å²) in [7, 11) is 0. The summed E-state index contributed by atoms with van der Waals surface area (Å²) < 4.78 is 5.21. The summed E-state index contributed by atoms with van der Waals surface area (Å²) in [4.78, 5) is 37.5. The number of benzene rings is 1. The molecule has 30 heavy (non-hydrogen) atoms. The third-order valence-corrected chi connectivity index (χ3v) is 6.80. The number of hydrogen-bond donors (Lipinski definition) is 1. The van der Waals surface area contributed by atoms with Crippen LogP contribution in [0.25, 0.3) is 11.0 Å². The lowest BCUT2D eigenvalue weighted by molar-refractivity contribution is -0.126. The van der Waals surface area contributed by atoms with E-state index in [0.29, 0.717) is 34.4 Å². The number of thioether (sulfide) groups is 1. The highest BCUT2D eigenvalue weighted by molar-refractivity contribution is 8.03. The molecule has 1 aliphatic carbocycles. The number of Topliss-reactive ketones (excluding diaryl/α,β-unsaturated/α-hetero) is 1. The van der Waals surface area contributed by atoms with Gasteiger partial charge in [0.05, 0.1) is 28.5 Å². The van der Waals surface area contributed by atoms with E-state index >= 15 is 0 Å². The number of carbonyl (C=O) groups excluding carboxylic acids is 2. The number of carbonyl (C=O) groups is 2. The third-order valence-electron chi connectivity index (χ3n) is 5.80. The smallest absolute Gasteiger partial charge is 0.347 e. The van der Waals surface area contributed by atoms with E-state index in [-0.39, 0.29) is 11.3 Å². The van der Waals surface area contributed by atoms with Gasteiger partial charge in [-0.1, -0.05) is 42.8 Å². The zero-order chi connectivity index (χ0) is 21.3. The zero-order valence-electron chi connectivity index (χ0n) is 15.9. The average Bonchev–Trinajstić information content (AvgIpc) is 3.21. The predicted octanol–water partition coefficient (Wildman–Crippen LogP) is 3.27. The summed E-state index contributed by atoms with van der Waals surface area (Å²) in [6.45, 7) is 0. The van der Waals surface area contributed by atoms with Crippen LogP contribution >= 0.6 is 11.8 Å². The summed E-state index contributed by atoms with van der Waals surface area (Å²) in [5, 5.41) is 22.9. The quantitative estimate of drug-likeness (QED) is 0.596. The van der Waals surface area contributed by atoms with Gasteiger partial charge in [-0.05, 0) is 25.0 Å². The first-order valence-corrected chi connectivity index (χ1v) is 10.5. The first-order valence-electron chi connectivity index (χ1n) is 9.54. The standard InChI is InChI=1S/C22H17N3O4S/c23-10-15-19(27)25-20(16(11-24)22(15)7-3-4-8-22)30-12-17(26)14-9-13-5-1-2-6-18(13)29-21(14)28/h1-2,5-6,9,15H,3-4,7-8,12H2,(H,25,27)/t15-/m1/s1. The number of amides is 1. The normalized spacial score (nSPS) is 20.1. The molecule has 1 aromatic heterocycles. The van der Waals surface area contributed by atoms with E-state index in [9.17, 15) is 24.9 Å². The fraction of sp³-hybridized carbons (Fsp3) is 0.318. The van der Waals surface area contributed by atoms with Crippen LogP contribution in [0.1, 0.15) is 36.0 Å². The molecule has 0 bridgehead atoms. The molecule has 1 spiro atoms. The van der Waals surface area contributed by atoms with Crippen molar-refractivity contribution in [3.63, 3.8) is 0 Å². The van der Waals surface area contributed by atoms with Crippen LogP contribution in [0.2, 0.25) is 0 Å². The van der Waals surface area contributed by atoms with Crippen molar-refractivity contribution >= 4 is 34.4 Å². The Labute approximate surface area is 176 Å². The Balaban J connectivity index is 1.63. The number of fused-ring (bicyclic) bond motifs is 1. The number of rotatable bonds is 4. The van der Waals surface area contributed by atoms with Crippen molar-refractivity contribution in [1.82, 2.24) is 5.32 Å². The Bertz CT molecular complexity index is 1230. The fourth-order valence-electron chi connectivity index (χ4n) is 4.34. The van der Waals surface area contributed by atoms with E-state index in [4.69, 9.17) is 4.42 Å². The second-order valence-corrected chi connectivity index (χ2v) is 8.41. The van der Waals surface area contributed by atoms with Gasteiger partial charge in [0.1, 0.15) is 17.1 Å². The number of para-hydroxylation sites is 1. The van der Waals surface area contributed by atoms with Crippen molar-refractivity contribution in [2.75, 3.05) is 5.75 Å². The van der Waals surface area contributed by atoms with Gasteiger partial charge >= 0.3 is 5.63 Å². The molecule has 0 radical (unpaired) electrons. The van der Waals surface area contributed by atoms with Crippen LogP contribution in [-0.2, 0) is 4.79 Å². The molecular weight excluding hydrogens is 402 g/mol. The van der Waals surface area contributed by atoms with Gasteiger partial charge in [-0.25, -0.2) is 4.79 Å². The maximum atomic E-state index is 12.7. The maximum absolute atomic E-state index is 12.7. The highest BCUT2D eigenvalue weighted by Crippen LogP contribution is 2.53. The minimum atomic E-state index is -0.915. The van der Waals surface area contributed by atoms with Crippen molar-refractivity contribution in [3.05, 3.63) is 56.9 Å². The average molecular weight is 419 g/mol. The number of nitrogens with zero attached hydrogens (tertiary/aromatic N) is 2. The molecule has 1 aliphatic heterocycles. The molecule has 1 aromatic carbocycles. The van der Waals surface area contributed by atoms with Gasteiger partial charge < -0.3 is 9.73 Å². The van der Waals surface area contributed by atoms with Crippen LogP contribution in [0.4, 0.5) is 0 Å². The Hall–Kier alpha value is -3.36. The van der Waals surface area contributed by atoms with Gasteiger partial charge in [-0.15, -0.1) is 0 Å². The highest BCUT2D eigenvalue weighted by Gasteiger charge is 2.52. The largest absolute Gasteiger partial charge is 0.422 e. The predicted molar refractivity (Wildman–Crippen MR) is 110 cm³/mol. The van der Waals surface area contributed by atoms with Gasteiger partial charge in [0.15, 0.2) is 5.78 Å². The second-order valence-electron chi connectivity index (χ2n) is 7.43. The molecule has 4 rings (SSSR count). The van der Waals surface area contributed by atoms with E-state index in [1.54, 1.807) is 24.3 Å². The van der Waals surface area contributed by atoms with Crippen LogP contribution in [0.15, 0.2) is 50.1 Å². The SMILES string of the molecule is N#CC1=C(SCC(=O)c2cc3ccccc3oc2=O)NC(=O)[C@@H](C#N)C12CCCC2. The zero-order valence-corrected chi connectivity index (χ0v) is 16.8. The van der Waals surface area contributed by atoms with Crippen LogP contribution in [-0.4, -0.2) is 17.4 Å². The lowest BCUT2D eigenvalue weighted by atomic mass is 9.67. The topological polar surface area (TPSA) is 124 Å². The van der Waals surface area contributed by atoms with Crippen LogP contribution in [0, 0.1) is 34.0 Å². The summed E-state index contributed by atoms with van der Waals surface area (Å²) in [5.41, 5.74) is -0.841. The minimum absolute atomic E-state index is 0.0760. The number of hydrogen-bond acceptors (Lipinski definition) is 7. The van der Waals surface area contributed by atoms with Crippen LogP contribution in [0.3, 0.4) is 0 Å². The Morgan fingerprint density at radius 1 is 1.23 bits per heavy atom. The van der Waals surface area contributed by atoms with Crippen molar-refractivity contribution in [2.45, 2.75) is 25.7 Å². The van der Waals surface area contributed by atoms with Crippen LogP contribution in [0.5, 0.6) is 0 Å². The summed E-state index contributed by atoms with van der Waals surface area (Å²) in [6.07, 6.45) is 2.86. The van der Waals surface area contributed by atoms with Crippen molar-refractivity contribution in [2.24, 2.45) is 11.3 Å². The molecule has 2 aromatic rings. The summed E-state index contributed by atoms with van der Waals surface area (Å²) in [5.74, 6) is -1.96.